The van der Waals surface area contributed by atoms with Crippen LogP contribution in [-0.2, 0) is 48.2 Å². The van der Waals surface area contributed by atoms with Gasteiger partial charge in [-0.05, 0) is 36.4 Å². The van der Waals surface area contributed by atoms with E-state index in [2.05, 4.69) is 77.1 Å². The molecule has 9 atom stereocenters. The van der Waals surface area contributed by atoms with Crippen LogP contribution in [0.5, 0.6) is 5.88 Å². The van der Waals surface area contributed by atoms with Crippen LogP contribution >= 0.6 is 25.8 Å². The molecule has 22 heteroatoms. The zero-order valence-corrected chi connectivity index (χ0v) is 33.2. The standard InChI is InChI=1S/C29H41N7O10P2S2Si/c1-29(2,3)51(4,5)46-24-21-14-41-48(50,39-10-6-8-30)44-20-12-19(42-22-7-9-31-15-32-22)11-18(20)13-40-47(38,49)45-25(24)28(43-21)36-17-35-23-26(36)33-16-34-27(23)37/h7,9,15-21,24-25,28H,6,10-14H2,1-5H3,(H,38,49)(H,33,34,37)/t18-,19-,20+,21-,24-,25-,28-,47-,48-/m1/s1. The SMILES string of the molecule is CC(C)(C)[Si](C)(C)O[C@H]1[C@H]2O[P@](=O)(S)OC[C@H]3C[C@@H](Oc4ccncn4)C[C@@H]3O[P@@](=S)(OCCC#N)OC[C@H]1O[C@H]2n1cnc2c(=O)[nH]cnc21. The van der Waals surface area contributed by atoms with E-state index in [1.54, 1.807) is 12.3 Å². The third-order valence-corrected chi connectivity index (χ3v) is 17.9. The van der Waals surface area contributed by atoms with Crippen molar-refractivity contribution in [2.45, 2.75) is 94.9 Å². The highest BCUT2D eigenvalue weighted by atomic mass is 32.7. The van der Waals surface area contributed by atoms with Crippen LogP contribution in [-0.4, -0.2) is 88.1 Å². The predicted octanol–water partition coefficient (Wildman–Crippen LogP) is 5.06. The number of nitrogens with one attached hydrogen (secondary N) is 1. The Morgan fingerprint density at radius 3 is 2.71 bits per heavy atom. The lowest BCUT2D eigenvalue weighted by Gasteiger charge is -2.40. The van der Waals surface area contributed by atoms with Crippen LogP contribution in [0.15, 0.2) is 36.0 Å². The highest BCUT2D eigenvalue weighted by molar-refractivity contribution is 8.44. The zero-order chi connectivity index (χ0) is 36.6. The molecule has 51 heavy (non-hydrogen) atoms. The van der Waals surface area contributed by atoms with Gasteiger partial charge >= 0.3 is 13.5 Å². The van der Waals surface area contributed by atoms with E-state index in [1.807, 2.05) is 0 Å². The van der Waals surface area contributed by atoms with Gasteiger partial charge in [0.25, 0.3) is 5.56 Å². The van der Waals surface area contributed by atoms with Crippen molar-refractivity contribution in [2.24, 2.45) is 5.92 Å². The Bertz CT molecular complexity index is 1890. The highest BCUT2D eigenvalue weighted by Gasteiger charge is 2.55. The lowest BCUT2D eigenvalue weighted by Crippen LogP contribution is -2.50. The second-order valence-electron chi connectivity index (χ2n) is 13.9. The van der Waals surface area contributed by atoms with Gasteiger partial charge in [0.1, 0.15) is 30.7 Å². The Kier molecular flexibility index (Phi) is 11.6. The van der Waals surface area contributed by atoms with Crippen molar-refractivity contribution in [2.75, 3.05) is 19.8 Å². The summed E-state index contributed by atoms with van der Waals surface area (Å²) in [5.41, 5.74) is -0.172. The monoisotopic (exact) mass is 801 g/mol. The number of nitrogens with zero attached hydrogens (tertiary/aromatic N) is 6. The first kappa shape index (κ1) is 38.6. The number of aromatic amines is 1. The molecule has 0 spiro atoms. The second kappa shape index (κ2) is 15.3. The predicted molar refractivity (Wildman–Crippen MR) is 192 cm³/mol. The normalized spacial score (nSPS) is 33.5. The van der Waals surface area contributed by atoms with Gasteiger partial charge < -0.3 is 37.0 Å². The van der Waals surface area contributed by atoms with Crippen LogP contribution < -0.4 is 10.3 Å². The van der Waals surface area contributed by atoms with Crippen molar-refractivity contribution in [1.82, 2.24) is 29.5 Å². The molecule has 2 saturated heterocycles. The van der Waals surface area contributed by atoms with E-state index in [0.29, 0.717) is 18.7 Å². The molecule has 278 valence electrons. The number of ether oxygens (including phenoxy) is 2. The van der Waals surface area contributed by atoms with Gasteiger partial charge in [-0.1, -0.05) is 33.0 Å². The first-order valence-corrected chi connectivity index (χ1v) is 24.5. The summed E-state index contributed by atoms with van der Waals surface area (Å²) >= 11 is 10.4. The molecular weight excluding hydrogens is 761 g/mol. The molecule has 5 heterocycles. The molecule has 3 aromatic rings. The third-order valence-electron chi connectivity index (χ3n) is 9.42. The Morgan fingerprint density at radius 2 is 1.98 bits per heavy atom. The third kappa shape index (κ3) is 8.83. The van der Waals surface area contributed by atoms with Crippen molar-refractivity contribution in [3.05, 3.63) is 41.6 Å². The van der Waals surface area contributed by atoms with Crippen molar-refractivity contribution >= 4 is 57.1 Å². The molecule has 0 unspecified atom stereocenters. The Hall–Kier alpha value is -2.11. The molecule has 0 aromatic carbocycles. The van der Waals surface area contributed by atoms with Crippen LogP contribution in [0.4, 0.5) is 0 Å². The maximum atomic E-state index is 14.2. The number of rotatable bonds is 8. The molecule has 2 bridgehead atoms. The van der Waals surface area contributed by atoms with Crippen LogP contribution in [0.1, 0.15) is 46.3 Å². The molecular formula is C29H41N7O10P2S2Si. The van der Waals surface area contributed by atoms with Crippen molar-refractivity contribution in [1.29, 1.82) is 5.26 Å². The van der Waals surface area contributed by atoms with E-state index in [0.717, 1.165) is 0 Å². The van der Waals surface area contributed by atoms with Gasteiger partial charge in [-0.3, -0.25) is 13.9 Å². The molecule has 1 saturated carbocycles. The van der Waals surface area contributed by atoms with Gasteiger partial charge in [-0.15, -0.1) is 0 Å². The molecule has 1 N–H and O–H groups in total. The topological polar surface area (TPSA) is 204 Å². The molecule has 3 aromatic heterocycles. The number of imidazole rings is 1. The minimum absolute atomic E-state index is 0.0284. The maximum absolute atomic E-state index is 14.2. The zero-order valence-electron chi connectivity index (χ0n) is 28.7. The number of fused-ring (bicyclic) bond motifs is 4. The number of hydrogen-bond donors (Lipinski definition) is 2. The first-order valence-electron chi connectivity index (χ1n) is 16.3. The molecule has 2 aliphatic heterocycles. The van der Waals surface area contributed by atoms with Crippen LogP contribution in [0.25, 0.3) is 11.2 Å². The average molecular weight is 802 g/mol. The fraction of sp³-hybridized carbons (Fsp3) is 0.655. The lowest BCUT2D eigenvalue weighted by atomic mass is 10.1. The van der Waals surface area contributed by atoms with Crippen molar-refractivity contribution in [3.8, 4) is 11.9 Å². The fourth-order valence-electron chi connectivity index (χ4n) is 5.85. The van der Waals surface area contributed by atoms with Gasteiger partial charge in [0.2, 0.25) is 5.88 Å². The summed E-state index contributed by atoms with van der Waals surface area (Å²) in [4.78, 5) is 31.8. The van der Waals surface area contributed by atoms with E-state index in [4.69, 9.17) is 48.3 Å². The van der Waals surface area contributed by atoms with Crippen molar-refractivity contribution in [3.63, 3.8) is 0 Å². The van der Waals surface area contributed by atoms with E-state index < -0.39 is 64.0 Å². The van der Waals surface area contributed by atoms with Gasteiger partial charge in [0.05, 0.1) is 51.1 Å². The molecule has 1 aliphatic carbocycles. The summed E-state index contributed by atoms with van der Waals surface area (Å²) in [5, 5.41) is 9.00. The quantitative estimate of drug-likeness (QED) is 0.132. The maximum Gasteiger partial charge on any atom is 0.386 e. The molecule has 3 fully saturated rings. The summed E-state index contributed by atoms with van der Waals surface area (Å²) in [6, 6.07) is 3.69. The van der Waals surface area contributed by atoms with Crippen LogP contribution in [0.3, 0.4) is 0 Å². The van der Waals surface area contributed by atoms with Crippen LogP contribution in [0, 0.1) is 17.2 Å². The van der Waals surface area contributed by atoms with Gasteiger partial charge in [0, 0.05) is 24.6 Å². The second-order valence-corrected chi connectivity index (χ2v) is 24.5. The lowest BCUT2D eigenvalue weighted by molar-refractivity contribution is -0.0508. The number of aromatic nitrogens is 6. The van der Waals surface area contributed by atoms with Gasteiger partial charge in [-0.25, -0.2) is 24.5 Å². The Balaban J connectivity index is 1.38. The van der Waals surface area contributed by atoms with Gasteiger partial charge in [-0.2, -0.15) is 5.26 Å². The number of thiol groups is 1. The van der Waals surface area contributed by atoms with Crippen LogP contribution in [0.2, 0.25) is 18.1 Å². The number of hydrogen-bond acceptors (Lipinski definition) is 16. The van der Waals surface area contributed by atoms with E-state index >= 15 is 0 Å². The summed E-state index contributed by atoms with van der Waals surface area (Å²) in [7, 11) is -2.58. The summed E-state index contributed by atoms with van der Waals surface area (Å²) in [5.74, 6) is -0.0193. The molecule has 17 nitrogen and oxygen atoms in total. The Morgan fingerprint density at radius 1 is 1.18 bits per heavy atom. The van der Waals surface area contributed by atoms with E-state index in [1.165, 1.54) is 23.5 Å². The first-order chi connectivity index (χ1) is 24.1. The molecule has 6 rings (SSSR count). The summed E-state index contributed by atoms with van der Waals surface area (Å²) in [6.45, 7) is 2.33. The highest BCUT2D eigenvalue weighted by Crippen LogP contribution is 2.60. The van der Waals surface area contributed by atoms with E-state index in [-0.39, 0.29) is 48.5 Å². The van der Waals surface area contributed by atoms with E-state index in [9.17, 15) is 14.6 Å². The smallest absolute Gasteiger partial charge is 0.386 e. The average Bonchev–Trinajstić information content (AvgIpc) is 3.75. The largest absolute Gasteiger partial charge is 0.474 e. The number of nitriles is 1. The minimum atomic E-state index is -4.15. The minimum Gasteiger partial charge on any atom is -0.474 e. The van der Waals surface area contributed by atoms with Crippen molar-refractivity contribution < 1.29 is 41.1 Å². The summed E-state index contributed by atoms with van der Waals surface area (Å²) < 4.78 is 66.5. The molecule has 0 amide bonds. The summed E-state index contributed by atoms with van der Waals surface area (Å²) in [6.07, 6.45) is 1.51. The number of H-pyrrole nitrogens is 1. The Labute approximate surface area is 306 Å². The molecule has 0 radical (unpaired) electrons. The van der Waals surface area contributed by atoms with Gasteiger partial charge in [0.15, 0.2) is 25.7 Å². The fourth-order valence-corrected chi connectivity index (χ4v) is 10.8. The molecule has 3 aliphatic rings.